The van der Waals surface area contributed by atoms with E-state index in [1.165, 1.54) is 11.8 Å². The van der Waals surface area contributed by atoms with Crippen LogP contribution in [0.1, 0.15) is 28.6 Å². The molecule has 1 atom stereocenters. The zero-order valence-corrected chi connectivity index (χ0v) is 27.4. The molecule has 2 amide bonds. The smallest absolute Gasteiger partial charge is 0.251 e. The van der Waals surface area contributed by atoms with Crippen molar-refractivity contribution in [2.24, 2.45) is 0 Å². The minimum atomic E-state index is -0.944. The molecule has 5 rings (SSSR count). The molecule has 1 aromatic heterocycles. The fourth-order valence-electron chi connectivity index (χ4n) is 5.27. The van der Waals surface area contributed by atoms with Crippen molar-refractivity contribution >= 4 is 35.0 Å². The average molecular weight is 642 g/mol. The summed E-state index contributed by atoms with van der Waals surface area (Å²) in [5.74, 6) is 0.833. The highest BCUT2D eigenvalue weighted by molar-refractivity contribution is 7.99. The number of methoxy groups -OCH3 is 2. The van der Waals surface area contributed by atoms with Gasteiger partial charge in [-0.05, 0) is 79.6 Å². The number of carbonyl (C=O) groups excluding carboxylic acids is 2. The Morgan fingerprint density at radius 2 is 1.48 bits per heavy atom. The predicted octanol–water partition coefficient (Wildman–Crippen LogP) is 5.45. The molecule has 0 spiro atoms. The summed E-state index contributed by atoms with van der Waals surface area (Å²) in [5, 5.41) is 3.58. The lowest BCUT2D eigenvalue weighted by atomic mass is 10.0. The Kier molecular flexibility index (Phi) is 11.1. The quantitative estimate of drug-likeness (QED) is 0.160. The fraction of sp³-hybridized carbons (Fsp3) is 0.314. The molecule has 1 saturated heterocycles. The second kappa shape index (κ2) is 15.6. The Bertz CT molecular complexity index is 1590. The second-order valence-corrected chi connectivity index (χ2v) is 11.8. The summed E-state index contributed by atoms with van der Waals surface area (Å²) < 4.78 is 16.2. The summed E-state index contributed by atoms with van der Waals surface area (Å²) in [6.07, 6.45) is 0. The molecular formula is C35H39N5O5S. The van der Waals surface area contributed by atoms with E-state index in [1.807, 2.05) is 80.6 Å². The molecule has 1 N–H and O–H groups in total. The minimum Gasteiger partial charge on any atom is -0.497 e. The zero-order chi connectivity index (χ0) is 32.5. The molecule has 240 valence electrons. The van der Waals surface area contributed by atoms with E-state index in [1.54, 1.807) is 31.3 Å². The van der Waals surface area contributed by atoms with Gasteiger partial charge in [-0.2, -0.15) is 0 Å². The van der Waals surface area contributed by atoms with Crippen LogP contribution in [0.15, 0.2) is 84.0 Å². The lowest BCUT2D eigenvalue weighted by Crippen LogP contribution is -2.41. The number of aromatic nitrogens is 2. The monoisotopic (exact) mass is 641 g/mol. The van der Waals surface area contributed by atoms with Crippen LogP contribution in [0.3, 0.4) is 0 Å². The van der Waals surface area contributed by atoms with Gasteiger partial charge in [-0.25, -0.2) is 9.97 Å². The van der Waals surface area contributed by atoms with Crippen molar-refractivity contribution in [3.63, 3.8) is 0 Å². The standard InChI is InChI=1S/C35H39N5O5S/c1-24-21-25(2)37-35(36-24)46-23-32(41)40(22-26-5-13-30(43-3)14-6-26)33(27-7-15-31(44-4)16-8-27)34(42)38-28-9-11-29(12-10-28)39-17-19-45-20-18-39/h5-16,21,33H,17-20,22-23H2,1-4H3,(H,38,42). The van der Waals surface area contributed by atoms with E-state index in [0.717, 1.165) is 35.7 Å². The predicted molar refractivity (Wildman–Crippen MR) is 180 cm³/mol. The van der Waals surface area contributed by atoms with E-state index in [9.17, 15) is 9.59 Å². The van der Waals surface area contributed by atoms with Gasteiger partial charge in [0, 0.05) is 42.4 Å². The van der Waals surface area contributed by atoms with Crippen LogP contribution in [-0.4, -0.2) is 73.0 Å². The number of ether oxygens (including phenoxy) is 3. The summed E-state index contributed by atoms with van der Waals surface area (Å²) in [4.78, 5) is 41.2. The maximum absolute atomic E-state index is 14.2. The molecule has 2 heterocycles. The number of hydrogen-bond donors (Lipinski definition) is 1. The molecule has 4 aromatic rings. The Morgan fingerprint density at radius 3 is 2.07 bits per heavy atom. The molecule has 0 saturated carbocycles. The van der Waals surface area contributed by atoms with Crippen LogP contribution in [0.5, 0.6) is 11.5 Å². The van der Waals surface area contributed by atoms with Gasteiger partial charge in [0.25, 0.3) is 5.91 Å². The Balaban J connectivity index is 1.45. The Hall–Kier alpha value is -4.61. The molecule has 10 nitrogen and oxygen atoms in total. The van der Waals surface area contributed by atoms with Gasteiger partial charge in [-0.1, -0.05) is 36.0 Å². The zero-order valence-electron chi connectivity index (χ0n) is 26.6. The first-order valence-corrected chi connectivity index (χ1v) is 16.1. The van der Waals surface area contributed by atoms with Gasteiger partial charge in [0.1, 0.15) is 17.5 Å². The van der Waals surface area contributed by atoms with Crippen LogP contribution in [-0.2, 0) is 20.9 Å². The van der Waals surface area contributed by atoms with Crippen LogP contribution in [0.2, 0.25) is 0 Å². The third kappa shape index (κ3) is 8.55. The molecule has 1 unspecified atom stereocenters. The number of nitrogens with one attached hydrogen (secondary N) is 1. The van der Waals surface area contributed by atoms with E-state index < -0.39 is 6.04 Å². The van der Waals surface area contributed by atoms with Gasteiger partial charge in [-0.3, -0.25) is 9.59 Å². The van der Waals surface area contributed by atoms with E-state index in [-0.39, 0.29) is 24.1 Å². The maximum atomic E-state index is 14.2. The van der Waals surface area contributed by atoms with Crippen LogP contribution in [0, 0.1) is 13.8 Å². The number of thioether (sulfide) groups is 1. The summed E-state index contributed by atoms with van der Waals surface area (Å²) in [7, 11) is 3.19. The molecule has 0 aliphatic carbocycles. The molecule has 3 aromatic carbocycles. The molecular weight excluding hydrogens is 602 g/mol. The van der Waals surface area contributed by atoms with Crippen LogP contribution < -0.4 is 19.7 Å². The molecule has 1 aliphatic heterocycles. The van der Waals surface area contributed by atoms with E-state index in [0.29, 0.717) is 41.1 Å². The van der Waals surface area contributed by atoms with Crippen molar-refractivity contribution in [3.8, 4) is 11.5 Å². The molecule has 46 heavy (non-hydrogen) atoms. The van der Waals surface area contributed by atoms with Crippen LogP contribution in [0.25, 0.3) is 0 Å². The molecule has 0 radical (unpaired) electrons. The summed E-state index contributed by atoms with van der Waals surface area (Å²) in [6, 6.07) is 23.4. The van der Waals surface area contributed by atoms with Gasteiger partial charge in [0.05, 0.1) is 33.2 Å². The van der Waals surface area contributed by atoms with E-state index >= 15 is 0 Å². The second-order valence-electron chi connectivity index (χ2n) is 10.9. The van der Waals surface area contributed by atoms with Gasteiger partial charge in [0.15, 0.2) is 5.16 Å². The lowest BCUT2D eigenvalue weighted by Gasteiger charge is -2.32. The third-order valence-corrected chi connectivity index (χ3v) is 8.45. The number of morpholine rings is 1. The third-order valence-electron chi connectivity index (χ3n) is 7.62. The lowest BCUT2D eigenvalue weighted by molar-refractivity contribution is -0.137. The number of hydrogen-bond acceptors (Lipinski definition) is 9. The highest BCUT2D eigenvalue weighted by Gasteiger charge is 2.32. The average Bonchev–Trinajstić information content (AvgIpc) is 3.08. The minimum absolute atomic E-state index is 0.0488. The van der Waals surface area contributed by atoms with Crippen molar-refractivity contribution in [3.05, 3.63) is 101 Å². The number of anilines is 2. The highest BCUT2D eigenvalue weighted by atomic mass is 32.2. The number of carbonyl (C=O) groups is 2. The Morgan fingerprint density at radius 1 is 0.891 bits per heavy atom. The SMILES string of the molecule is COc1ccc(CN(C(=O)CSc2nc(C)cc(C)n2)C(C(=O)Nc2ccc(N3CCOCC3)cc2)c2ccc(OC)cc2)cc1. The van der Waals surface area contributed by atoms with Gasteiger partial charge < -0.3 is 29.3 Å². The summed E-state index contributed by atoms with van der Waals surface area (Å²) in [6.45, 7) is 7.00. The van der Waals surface area contributed by atoms with Gasteiger partial charge in [0.2, 0.25) is 5.91 Å². The van der Waals surface area contributed by atoms with Crippen LogP contribution in [0.4, 0.5) is 11.4 Å². The number of aryl methyl sites for hydroxylation is 2. The normalized spacial score (nSPS) is 13.5. The van der Waals surface area contributed by atoms with Crippen molar-refractivity contribution < 1.29 is 23.8 Å². The van der Waals surface area contributed by atoms with Crippen molar-refractivity contribution in [1.82, 2.24) is 14.9 Å². The highest BCUT2D eigenvalue weighted by Crippen LogP contribution is 2.29. The largest absolute Gasteiger partial charge is 0.497 e. The number of rotatable bonds is 12. The van der Waals surface area contributed by atoms with Crippen molar-refractivity contribution in [2.75, 3.05) is 56.5 Å². The van der Waals surface area contributed by atoms with Crippen molar-refractivity contribution in [1.29, 1.82) is 0 Å². The number of amides is 2. The molecule has 1 fully saturated rings. The van der Waals surface area contributed by atoms with Crippen molar-refractivity contribution in [2.45, 2.75) is 31.6 Å². The molecule has 11 heteroatoms. The first-order valence-electron chi connectivity index (χ1n) is 15.1. The number of nitrogens with zero attached hydrogens (tertiary/aromatic N) is 4. The van der Waals surface area contributed by atoms with Crippen LogP contribution >= 0.6 is 11.8 Å². The Labute approximate surface area is 274 Å². The molecule has 0 bridgehead atoms. The van der Waals surface area contributed by atoms with E-state index in [2.05, 4.69) is 20.2 Å². The topological polar surface area (TPSA) is 106 Å². The fourth-order valence-corrected chi connectivity index (χ4v) is 6.10. The molecule has 1 aliphatic rings. The summed E-state index contributed by atoms with van der Waals surface area (Å²) >= 11 is 1.25. The first kappa shape index (κ1) is 32.8. The first-order chi connectivity index (χ1) is 22.3. The van der Waals surface area contributed by atoms with Gasteiger partial charge >= 0.3 is 0 Å². The maximum Gasteiger partial charge on any atom is 0.251 e. The number of benzene rings is 3. The van der Waals surface area contributed by atoms with E-state index in [4.69, 9.17) is 14.2 Å². The van der Waals surface area contributed by atoms with Gasteiger partial charge in [-0.15, -0.1) is 0 Å². The summed E-state index contributed by atoms with van der Waals surface area (Å²) in [5.41, 5.74) is 4.85.